The lowest BCUT2D eigenvalue weighted by Crippen LogP contribution is -2.05. The van der Waals surface area contributed by atoms with Gasteiger partial charge in [-0.2, -0.15) is 0 Å². The zero-order valence-electron chi connectivity index (χ0n) is 16.1. The van der Waals surface area contributed by atoms with Gasteiger partial charge in [0.25, 0.3) is 0 Å². The number of aryl methyl sites for hydroxylation is 2. The van der Waals surface area contributed by atoms with Crippen LogP contribution in [-0.4, -0.2) is 0 Å². The fourth-order valence-electron chi connectivity index (χ4n) is 3.44. The molecular weight excluding hydrogens is 363 g/mol. The Morgan fingerprint density at radius 2 is 1.12 bits per heavy atom. The van der Waals surface area contributed by atoms with E-state index < -0.39 is 0 Å². The van der Waals surface area contributed by atoms with Gasteiger partial charge in [0.05, 0.1) is 10.0 Å². The predicted octanol–water partition coefficient (Wildman–Crippen LogP) is 6.47. The van der Waals surface area contributed by atoms with Gasteiger partial charge in [-0.3, -0.25) is 0 Å². The summed E-state index contributed by atoms with van der Waals surface area (Å²) in [6.07, 6.45) is 3.22. The molecule has 0 aromatic heterocycles. The average molecular weight is 391 g/mol. The number of hydrogen-bond donors (Lipinski definition) is 2. The lowest BCUT2D eigenvalue weighted by molar-refractivity contribution is 1.09. The smallest absolute Gasteiger partial charge is 0.0537 e. The molecule has 0 aliphatic heterocycles. The number of halogens is 2. The van der Waals surface area contributed by atoms with Crippen molar-refractivity contribution in [3.63, 3.8) is 0 Å². The van der Waals surface area contributed by atoms with Crippen LogP contribution in [0.4, 0.5) is 11.4 Å². The van der Waals surface area contributed by atoms with Gasteiger partial charge in [-0.15, -0.1) is 0 Å². The van der Waals surface area contributed by atoms with Gasteiger partial charge in [0.2, 0.25) is 0 Å². The Kier molecular flexibility index (Phi) is 6.65. The van der Waals surface area contributed by atoms with Crippen LogP contribution in [-0.2, 0) is 25.7 Å². The number of rotatable bonds is 6. The summed E-state index contributed by atoms with van der Waals surface area (Å²) >= 11 is 13.4. The van der Waals surface area contributed by atoms with Crippen molar-refractivity contribution in [3.05, 3.63) is 62.1 Å². The second kappa shape index (κ2) is 8.37. The molecule has 0 unspecified atom stereocenters. The molecule has 2 rings (SSSR count). The van der Waals surface area contributed by atoms with E-state index in [1.807, 2.05) is 12.1 Å². The quantitative estimate of drug-likeness (QED) is 0.555. The summed E-state index contributed by atoms with van der Waals surface area (Å²) < 4.78 is 0. The van der Waals surface area contributed by atoms with E-state index in [-0.39, 0.29) is 0 Å². The Bertz CT molecular complexity index is 785. The molecule has 0 bridgehead atoms. The highest BCUT2D eigenvalue weighted by molar-refractivity contribution is 6.35. The molecule has 0 radical (unpaired) electrons. The van der Waals surface area contributed by atoms with Crippen molar-refractivity contribution in [2.45, 2.75) is 53.4 Å². The predicted molar refractivity (Wildman–Crippen MR) is 117 cm³/mol. The second-order valence-corrected chi connectivity index (χ2v) is 7.23. The van der Waals surface area contributed by atoms with Crippen LogP contribution in [0.3, 0.4) is 0 Å². The molecule has 140 valence electrons. The first kappa shape index (κ1) is 20.7. The number of hydrogen-bond acceptors (Lipinski definition) is 2. The van der Waals surface area contributed by atoms with Gasteiger partial charge in [0.1, 0.15) is 0 Å². The minimum absolute atomic E-state index is 0.663. The fraction of sp³-hybridized carbons (Fsp3) is 0.364. The van der Waals surface area contributed by atoms with E-state index in [9.17, 15) is 0 Å². The maximum Gasteiger partial charge on any atom is 0.0537 e. The van der Waals surface area contributed by atoms with Gasteiger partial charge in [-0.1, -0.05) is 57.5 Å². The van der Waals surface area contributed by atoms with Gasteiger partial charge in [0.15, 0.2) is 0 Å². The monoisotopic (exact) mass is 390 g/mol. The van der Waals surface area contributed by atoms with Crippen molar-refractivity contribution >= 4 is 40.1 Å². The number of nitrogens with two attached hydrogens (primary N) is 2. The Morgan fingerprint density at radius 1 is 0.769 bits per heavy atom. The van der Waals surface area contributed by atoms with Crippen molar-refractivity contribution in [2.75, 3.05) is 11.5 Å². The molecule has 0 aliphatic carbocycles. The molecule has 26 heavy (non-hydrogen) atoms. The average Bonchev–Trinajstić information content (AvgIpc) is 2.62. The molecule has 0 amide bonds. The summed E-state index contributed by atoms with van der Waals surface area (Å²) in [5, 5.41) is 1.33. The molecular formula is C22H28Cl2N2. The van der Waals surface area contributed by atoms with Gasteiger partial charge in [0, 0.05) is 22.5 Å². The van der Waals surface area contributed by atoms with Gasteiger partial charge >= 0.3 is 0 Å². The molecule has 0 heterocycles. The van der Waals surface area contributed by atoms with Crippen molar-refractivity contribution in [1.82, 2.24) is 0 Å². The van der Waals surface area contributed by atoms with Crippen LogP contribution in [0.15, 0.2) is 18.7 Å². The number of benzene rings is 2. The molecule has 0 saturated heterocycles. The molecule has 4 N–H and O–H groups in total. The first-order chi connectivity index (χ1) is 12.3. The minimum Gasteiger partial charge on any atom is -0.398 e. The Morgan fingerprint density at radius 3 is 1.38 bits per heavy atom. The molecule has 2 aromatic carbocycles. The summed E-state index contributed by atoms with van der Waals surface area (Å²) in [6.45, 7) is 12.6. The standard InChI is InChI=1S/C22H28Cl2N2/c1-6-13-10-17(19(23)15(8-3)21(13)25)12(5)18-11-14(7-2)22(26)16(9-4)20(18)24/h10-11H,5-9,25-26H2,1-4H3. The molecule has 0 fully saturated rings. The Labute approximate surface area is 167 Å². The highest BCUT2D eigenvalue weighted by Gasteiger charge is 2.20. The van der Waals surface area contributed by atoms with E-state index in [2.05, 4.69) is 34.3 Å². The van der Waals surface area contributed by atoms with E-state index in [0.717, 1.165) is 76.0 Å². The summed E-state index contributed by atoms with van der Waals surface area (Å²) in [5.41, 5.74) is 20.9. The minimum atomic E-state index is 0.663. The molecule has 4 heteroatoms. The molecule has 0 spiro atoms. The SMILES string of the molecule is C=C(c1cc(CC)c(N)c(CC)c1Cl)c1cc(CC)c(N)c(CC)c1Cl. The third kappa shape index (κ3) is 3.45. The topological polar surface area (TPSA) is 52.0 Å². The van der Waals surface area contributed by atoms with E-state index >= 15 is 0 Å². The van der Waals surface area contributed by atoms with E-state index in [4.69, 9.17) is 34.7 Å². The molecule has 0 aliphatic rings. The highest BCUT2D eigenvalue weighted by Crippen LogP contribution is 2.41. The lowest BCUT2D eigenvalue weighted by atomic mass is 9.89. The summed E-state index contributed by atoms with van der Waals surface area (Å²) in [4.78, 5) is 0. The van der Waals surface area contributed by atoms with Crippen molar-refractivity contribution < 1.29 is 0 Å². The molecule has 2 nitrogen and oxygen atoms in total. The van der Waals surface area contributed by atoms with Crippen LogP contribution in [0, 0.1) is 0 Å². The normalized spacial score (nSPS) is 11.0. The summed E-state index contributed by atoms with van der Waals surface area (Å²) in [6, 6.07) is 4.09. The van der Waals surface area contributed by atoms with E-state index in [1.54, 1.807) is 0 Å². The van der Waals surface area contributed by atoms with Crippen molar-refractivity contribution in [1.29, 1.82) is 0 Å². The first-order valence-electron chi connectivity index (χ1n) is 9.21. The van der Waals surface area contributed by atoms with Gasteiger partial charge in [-0.05, 0) is 65.6 Å². The zero-order valence-corrected chi connectivity index (χ0v) is 17.6. The number of anilines is 2. The van der Waals surface area contributed by atoms with E-state index in [0.29, 0.717) is 10.0 Å². The first-order valence-corrected chi connectivity index (χ1v) is 9.96. The molecule has 2 aromatic rings. The van der Waals surface area contributed by atoms with Crippen LogP contribution in [0.1, 0.15) is 61.1 Å². The maximum atomic E-state index is 6.71. The van der Waals surface area contributed by atoms with Crippen LogP contribution in [0.5, 0.6) is 0 Å². The van der Waals surface area contributed by atoms with Crippen molar-refractivity contribution in [2.24, 2.45) is 0 Å². The van der Waals surface area contributed by atoms with Gasteiger partial charge < -0.3 is 11.5 Å². The maximum absolute atomic E-state index is 6.71. The fourth-order valence-corrected chi connectivity index (χ4v) is 4.25. The van der Waals surface area contributed by atoms with Crippen molar-refractivity contribution in [3.8, 4) is 0 Å². The van der Waals surface area contributed by atoms with Crippen LogP contribution in [0.2, 0.25) is 10.0 Å². The summed E-state index contributed by atoms with van der Waals surface area (Å²) in [5.74, 6) is 0. The van der Waals surface area contributed by atoms with Crippen LogP contribution in [0.25, 0.3) is 5.57 Å². The Hall–Kier alpha value is -1.64. The number of nitrogen functional groups attached to an aromatic ring is 2. The third-order valence-electron chi connectivity index (χ3n) is 5.10. The second-order valence-electron chi connectivity index (χ2n) is 6.47. The van der Waals surface area contributed by atoms with Crippen LogP contribution < -0.4 is 11.5 Å². The largest absolute Gasteiger partial charge is 0.398 e. The Balaban J connectivity index is 2.75. The lowest BCUT2D eigenvalue weighted by Gasteiger charge is -2.20. The highest BCUT2D eigenvalue weighted by atomic mass is 35.5. The third-order valence-corrected chi connectivity index (χ3v) is 5.96. The van der Waals surface area contributed by atoms with Crippen LogP contribution >= 0.6 is 23.2 Å². The molecule has 0 atom stereocenters. The van der Waals surface area contributed by atoms with Gasteiger partial charge in [-0.25, -0.2) is 0 Å². The summed E-state index contributed by atoms with van der Waals surface area (Å²) in [7, 11) is 0. The van der Waals surface area contributed by atoms with E-state index in [1.165, 1.54) is 0 Å². The molecule has 0 saturated carbocycles. The zero-order chi connectivity index (χ0) is 19.6.